The van der Waals surface area contributed by atoms with E-state index in [-0.39, 0.29) is 0 Å². The minimum atomic E-state index is 0.736. The number of rotatable bonds is 4. The Morgan fingerprint density at radius 1 is 1.53 bits per heavy atom. The van der Waals surface area contributed by atoms with E-state index in [1.165, 1.54) is 4.88 Å². The quantitative estimate of drug-likeness (QED) is 0.911. The molecule has 15 heavy (non-hydrogen) atoms. The second-order valence-electron chi connectivity index (χ2n) is 2.97. The van der Waals surface area contributed by atoms with Gasteiger partial charge in [0.25, 0.3) is 0 Å². The van der Waals surface area contributed by atoms with E-state index in [2.05, 4.69) is 31.2 Å². The van der Waals surface area contributed by atoms with E-state index in [1.54, 1.807) is 17.5 Å². The molecule has 2 heterocycles. The summed E-state index contributed by atoms with van der Waals surface area (Å²) in [6.07, 6.45) is 3.56. The molecule has 0 aromatic carbocycles. The predicted molar refractivity (Wildman–Crippen MR) is 66.2 cm³/mol. The first-order chi connectivity index (χ1) is 7.25. The number of nitrogens with zero attached hydrogens (tertiary/aromatic N) is 1. The third-order valence-corrected chi connectivity index (χ3v) is 4.32. The Morgan fingerprint density at radius 2 is 2.40 bits per heavy atom. The highest BCUT2D eigenvalue weighted by Crippen LogP contribution is 2.31. The molecule has 2 N–H and O–H groups in total. The van der Waals surface area contributed by atoms with Crippen LogP contribution in [0.5, 0.6) is 0 Å². The lowest BCUT2D eigenvalue weighted by Gasteiger charge is -1.99. The summed E-state index contributed by atoms with van der Waals surface area (Å²) in [4.78, 5) is 8.36. The van der Waals surface area contributed by atoms with E-state index >= 15 is 0 Å². The summed E-state index contributed by atoms with van der Waals surface area (Å²) in [7, 11) is 0. The molecule has 2 aromatic rings. The van der Waals surface area contributed by atoms with Crippen LogP contribution in [0.15, 0.2) is 22.9 Å². The average Bonchev–Trinajstić information content (AvgIpc) is 2.79. The van der Waals surface area contributed by atoms with E-state index in [0.29, 0.717) is 0 Å². The molecule has 0 bridgehead atoms. The van der Waals surface area contributed by atoms with Crippen LogP contribution in [0, 0.1) is 0 Å². The van der Waals surface area contributed by atoms with Crippen LogP contribution in [0.3, 0.4) is 0 Å². The molecule has 0 aliphatic carbocycles. The fraction of sp³-hybridized carbons (Fsp3) is 0.222. The van der Waals surface area contributed by atoms with Gasteiger partial charge in [0.15, 0.2) is 0 Å². The van der Waals surface area contributed by atoms with Crippen molar-refractivity contribution in [1.29, 1.82) is 0 Å². The first-order valence-electron chi connectivity index (χ1n) is 4.38. The van der Waals surface area contributed by atoms with Crippen LogP contribution in [0.2, 0.25) is 4.34 Å². The fourth-order valence-electron chi connectivity index (χ4n) is 1.18. The number of thiophene rings is 1. The van der Waals surface area contributed by atoms with Crippen molar-refractivity contribution in [3.63, 3.8) is 0 Å². The minimum absolute atomic E-state index is 0.736. The highest BCUT2D eigenvalue weighted by molar-refractivity contribution is 9.10. The molecule has 3 nitrogen and oxygen atoms in total. The van der Waals surface area contributed by atoms with Gasteiger partial charge >= 0.3 is 0 Å². The fourth-order valence-corrected chi connectivity index (χ4v) is 2.94. The highest BCUT2D eigenvalue weighted by Gasteiger charge is 2.03. The van der Waals surface area contributed by atoms with Gasteiger partial charge in [-0.15, -0.1) is 11.3 Å². The van der Waals surface area contributed by atoms with E-state index in [1.807, 2.05) is 12.3 Å². The number of imidazole rings is 1. The van der Waals surface area contributed by atoms with Gasteiger partial charge in [-0.05, 0) is 22.0 Å². The van der Waals surface area contributed by atoms with E-state index < -0.39 is 0 Å². The molecule has 0 unspecified atom stereocenters. The molecule has 0 amide bonds. The molecule has 0 saturated heterocycles. The monoisotopic (exact) mass is 305 g/mol. The molecular weight excluding hydrogens is 298 g/mol. The van der Waals surface area contributed by atoms with Crippen LogP contribution in [0.1, 0.15) is 10.7 Å². The van der Waals surface area contributed by atoms with Crippen LogP contribution >= 0.6 is 38.9 Å². The molecular formula is C9H9BrClN3S. The summed E-state index contributed by atoms with van der Waals surface area (Å²) in [5.74, 6) is 0.941. The number of halogens is 2. The maximum Gasteiger partial charge on any atom is 0.120 e. The van der Waals surface area contributed by atoms with E-state index in [9.17, 15) is 0 Å². The average molecular weight is 307 g/mol. The maximum absolute atomic E-state index is 5.93. The second kappa shape index (κ2) is 5.12. The summed E-state index contributed by atoms with van der Waals surface area (Å²) in [5.41, 5.74) is 0. The van der Waals surface area contributed by atoms with Crippen LogP contribution in [0.25, 0.3) is 0 Å². The van der Waals surface area contributed by atoms with Gasteiger partial charge in [-0.25, -0.2) is 4.98 Å². The first kappa shape index (κ1) is 11.1. The van der Waals surface area contributed by atoms with Crippen molar-refractivity contribution in [2.24, 2.45) is 0 Å². The molecule has 2 aromatic heterocycles. The number of hydrogen-bond acceptors (Lipinski definition) is 3. The van der Waals surface area contributed by atoms with Gasteiger partial charge in [0.1, 0.15) is 10.2 Å². The molecule has 0 spiro atoms. The number of H-pyrrole nitrogens is 1. The Hall–Kier alpha value is -0.360. The van der Waals surface area contributed by atoms with Crippen molar-refractivity contribution >= 4 is 38.9 Å². The van der Waals surface area contributed by atoms with Crippen molar-refractivity contribution in [1.82, 2.24) is 15.3 Å². The Balaban J connectivity index is 1.83. The zero-order valence-corrected chi connectivity index (χ0v) is 10.9. The Kier molecular flexibility index (Phi) is 3.80. The van der Waals surface area contributed by atoms with Crippen molar-refractivity contribution in [3.8, 4) is 0 Å². The Morgan fingerprint density at radius 3 is 3.00 bits per heavy atom. The third kappa shape index (κ3) is 3.04. The lowest BCUT2D eigenvalue weighted by Crippen LogP contribution is -2.12. The second-order valence-corrected chi connectivity index (χ2v) is 5.57. The lowest BCUT2D eigenvalue weighted by molar-refractivity contribution is 0.675. The molecule has 0 fully saturated rings. The zero-order valence-electron chi connectivity index (χ0n) is 7.76. The summed E-state index contributed by atoms with van der Waals surface area (Å²) in [5, 5.41) is 3.28. The lowest BCUT2D eigenvalue weighted by atomic mass is 10.4. The van der Waals surface area contributed by atoms with Gasteiger partial charge in [-0.3, -0.25) is 0 Å². The van der Waals surface area contributed by atoms with Crippen molar-refractivity contribution in [2.75, 3.05) is 0 Å². The molecule has 0 saturated carbocycles. The molecule has 0 aliphatic rings. The summed E-state index contributed by atoms with van der Waals surface area (Å²) in [6.45, 7) is 1.54. The van der Waals surface area contributed by atoms with Crippen molar-refractivity contribution < 1.29 is 0 Å². The Labute approximate surface area is 105 Å². The van der Waals surface area contributed by atoms with Crippen LogP contribution < -0.4 is 5.32 Å². The highest BCUT2D eigenvalue weighted by atomic mass is 79.9. The molecule has 0 atom stereocenters. The van der Waals surface area contributed by atoms with Crippen LogP contribution in [0.4, 0.5) is 0 Å². The number of hydrogen-bond donors (Lipinski definition) is 2. The van der Waals surface area contributed by atoms with Gasteiger partial charge in [-0.2, -0.15) is 0 Å². The summed E-state index contributed by atoms with van der Waals surface area (Å²) < 4.78 is 1.76. The maximum atomic E-state index is 5.93. The standard InChI is InChI=1S/C9H9BrClN3S/c10-7-3-6(15-9(7)11)4-12-5-8-13-1-2-14-8/h1-3,12H,4-5H2,(H,13,14). The minimum Gasteiger partial charge on any atom is -0.348 e. The van der Waals surface area contributed by atoms with Crippen LogP contribution in [-0.2, 0) is 13.1 Å². The van der Waals surface area contributed by atoms with E-state index in [0.717, 1.165) is 27.7 Å². The van der Waals surface area contributed by atoms with Crippen molar-refractivity contribution in [2.45, 2.75) is 13.1 Å². The Bertz CT molecular complexity index is 407. The molecule has 0 radical (unpaired) electrons. The van der Waals surface area contributed by atoms with E-state index in [4.69, 9.17) is 11.6 Å². The number of aromatic nitrogens is 2. The van der Waals surface area contributed by atoms with Gasteiger partial charge < -0.3 is 10.3 Å². The largest absolute Gasteiger partial charge is 0.348 e. The van der Waals surface area contributed by atoms with Gasteiger partial charge in [0.05, 0.1) is 6.54 Å². The smallest absolute Gasteiger partial charge is 0.120 e. The van der Waals surface area contributed by atoms with Crippen molar-refractivity contribution in [3.05, 3.63) is 38.0 Å². The molecule has 80 valence electrons. The van der Waals surface area contributed by atoms with Gasteiger partial charge in [0.2, 0.25) is 0 Å². The third-order valence-electron chi connectivity index (χ3n) is 1.84. The van der Waals surface area contributed by atoms with Gasteiger partial charge in [0, 0.05) is 28.3 Å². The summed E-state index contributed by atoms with van der Waals surface area (Å²) in [6, 6.07) is 2.03. The summed E-state index contributed by atoms with van der Waals surface area (Å²) >= 11 is 10.9. The van der Waals surface area contributed by atoms with Gasteiger partial charge in [-0.1, -0.05) is 11.6 Å². The predicted octanol–water partition coefficient (Wildman–Crippen LogP) is 3.18. The zero-order chi connectivity index (χ0) is 10.7. The first-order valence-corrected chi connectivity index (χ1v) is 6.37. The normalized spacial score (nSPS) is 10.8. The molecule has 6 heteroatoms. The van der Waals surface area contributed by atoms with Crippen LogP contribution in [-0.4, -0.2) is 9.97 Å². The SMILES string of the molecule is Clc1sc(CNCc2ncc[nH]2)cc1Br. The number of aromatic amines is 1. The molecule has 2 rings (SSSR count). The topological polar surface area (TPSA) is 40.7 Å². The number of nitrogens with one attached hydrogen (secondary N) is 2. The molecule has 0 aliphatic heterocycles.